The van der Waals surface area contributed by atoms with Crippen molar-refractivity contribution in [1.82, 2.24) is 24.1 Å². The van der Waals surface area contributed by atoms with Crippen molar-refractivity contribution < 1.29 is 13.2 Å². The summed E-state index contributed by atoms with van der Waals surface area (Å²) < 4.78 is 48.7. The molecule has 0 aliphatic carbocycles. The van der Waals surface area contributed by atoms with Gasteiger partial charge in [0.05, 0.1) is 39.0 Å². The van der Waals surface area contributed by atoms with Crippen LogP contribution in [0, 0.1) is 13.8 Å². The monoisotopic (exact) mass is 811 g/mol. The SMILES string of the molecule is Cc1ccc2c(c1)c1ccccc1n2-c1cc(-c2nc(-c3ccccc3)nc(-c3ccccc3)n2)ccc1-c1ccc(C(F)(F)F)cc1-n1c2ccccc2c2cc(C)ccc21. The molecule has 0 spiro atoms. The summed E-state index contributed by atoms with van der Waals surface area (Å²) in [5.74, 6) is 1.52. The lowest BCUT2D eigenvalue weighted by Crippen LogP contribution is -2.08. The molecule has 62 heavy (non-hydrogen) atoms. The van der Waals surface area contributed by atoms with Crippen LogP contribution in [0.4, 0.5) is 13.2 Å². The highest BCUT2D eigenvalue weighted by Gasteiger charge is 2.32. The average molecular weight is 812 g/mol. The van der Waals surface area contributed by atoms with Crippen LogP contribution in [0.2, 0.25) is 0 Å². The van der Waals surface area contributed by atoms with Crippen LogP contribution >= 0.6 is 0 Å². The van der Waals surface area contributed by atoms with Crippen LogP contribution in [0.15, 0.2) is 182 Å². The molecule has 5 nitrogen and oxygen atoms in total. The Balaban J connectivity index is 1.25. The highest BCUT2D eigenvalue weighted by molar-refractivity contribution is 6.12. The Labute approximate surface area is 355 Å². The van der Waals surface area contributed by atoms with Crippen LogP contribution < -0.4 is 0 Å². The maximum Gasteiger partial charge on any atom is 0.416 e. The number of hydrogen-bond acceptors (Lipinski definition) is 3. The largest absolute Gasteiger partial charge is 0.416 e. The second kappa shape index (κ2) is 14.4. The number of hydrogen-bond donors (Lipinski definition) is 0. The topological polar surface area (TPSA) is 48.5 Å². The summed E-state index contributed by atoms with van der Waals surface area (Å²) in [7, 11) is 0. The fraction of sp³-hybridized carbons (Fsp3) is 0.0556. The number of fused-ring (bicyclic) bond motifs is 6. The lowest BCUT2D eigenvalue weighted by Gasteiger charge is -2.21. The summed E-state index contributed by atoms with van der Waals surface area (Å²) in [5, 5.41) is 4.06. The van der Waals surface area contributed by atoms with E-state index in [1.54, 1.807) is 6.07 Å². The Bertz CT molecular complexity index is 3470. The van der Waals surface area contributed by atoms with E-state index >= 15 is 0 Å². The summed E-state index contributed by atoms with van der Waals surface area (Å²) in [6.07, 6.45) is -4.58. The fourth-order valence-electron chi connectivity index (χ4n) is 8.83. The van der Waals surface area contributed by atoms with Crippen LogP contribution in [0.3, 0.4) is 0 Å². The lowest BCUT2D eigenvalue weighted by atomic mass is 9.97. The van der Waals surface area contributed by atoms with Crippen LogP contribution in [-0.4, -0.2) is 24.1 Å². The predicted octanol–water partition coefficient (Wildman–Crippen LogP) is 14.4. The summed E-state index contributed by atoms with van der Waals surface area (Å²) in [4.78, 5) is 15.1. The van der Waals surface area contributed by atoms with Gasteiger partial charge in [0.1, 0.15) is 0 Å². The van der Waals surface area contributed by atoms with E-state index in [0.717, 1.165) is 82.7 Å². The summed E-state index contributed by atoms with van der Waals surface area (Å²) >= 11 is 0. The molecule has 0 amide bonds. The number of para-hydroxylation sites is 2. The van der Waals surface area contributed by atoms with Crippen LogP contribution in [0.5, 0.6) is 0 Å². The molecule has 11 rings (SSSR count). The van der Waals surface area contributed by atoms with Crippen LogP contribution in [0.25, 0.3) is 100 Å². The third-order valence-electron chi connectivity index (χ3n) is 11.7. The predicted molar refractivity (Wildman–Crippen MR) is 245 cm³/mol. The van der Waals surface area contributed by atoms with Crippen LogP contribution in [-0.2, 0) is 6.18 Å². The van der Waals surface area contributed by atoms with Crippen molar-refractivity contribution in [3.63, 3.8) is 0 Å². The van der Waals surface area contributed by atoms with E-state index in [9.17, 15) is 13.2 Å². The highest BCUT2D eigenvalue weighted by atomic mass is 19.4. The van der Waals surface area contributed by atoms with E-state index in [0.29, 0.717) is 28.7 Å². The minimum absolute atomic E-state index is 0.415. The molecule has 3 aromatic heterocycles. The first-order valence-electron chi connectivity index (χ1n) is 20.4. The van der Waals surface area contributed by atoms with Crippen LogP contribution in [0.1, 0.15) is 16.7 Å². The fourth-order valence-corrected chi connectivity index (χ4v) is 8.83. The number of benzene rings is 8. The quantitative estimate of drug-likeness (QED) is 0.168. The molecule has 0 aliphatic heterocycles. The molecule has 3 heterocycles. The van der Waals surface area contributed by atoms with Gasteiger partial charge in [-0.3, -0.25) is 0 Å². The average Bonchev–Trinajstić information content (AvgIpc) is 3.80. The van der Waals surface area contributed by atoms with Gasteiger partial charge in [-0.05, 0) is 68.4 Å². The van der Waals surface area contributed by atoms with Gasteiger partial charge < -0.3 is 9.13 Å². The first-order valence-corrected chi connectivity index (χ1v) is 20.4. The molecule has 0 atom stereocenters. The first-order chi connectivity index (χ1) is 30.2. The van der Waals surface area contributed by atoms with E-state index in [4.69, 9.17) is 15.0 Å². The lowest BCUT2D eigenvalue weighted by molar-refractivity contribution is -0.137. The molecule has 0 radical (unpaired) electrons. The minimum Gasteiger partial charge on any atom is -0.309 e. The third-order valence-corrected chi connectivity index (χ3v) is 11.7. The molecule has 8 aromatic carbocycles. The van der Waals surface area contributed by atoms with E-state index in [1.807, 2.05) is 133 Å². The van der Waals surface area contributed by atoms with Crippen molar-refractivity contribution in [2.24, 2.45) is 0 Å². The van der Waals surface area contributed by atoms with Crippen molar-refractivity contribution >= 4 is 43.6 Å². The third kappa shape index (κ3) is 6.22. The van der Waals surface area contributed by atoms with Gasteiger partial charge in [0, 0.05) is 49.4 Å². The van der Waals surface area contributed by atoms with E-state index in [2.05, 4.69) is 54.0 Å². The minimum atomic E-state index is -4.58. The molecule has 0 bridgehead atoms. The molecule has 298 valence electrons. The van der Waals surface area contributed by atoms with Crippen molar-refractivity contribution in [3.8, 4) is 56.7 Å². The number of nitrogens with zero attached hydrogens (tertiary/aromatic N) is 5. The van der Waals surface area contributed by atoms with Crippen molar-refractivity contribution in [1.29, 1.82) is 0 Å². The van der Waals surface area contributed by atoms with Gasteiger partial charge in [-0.1, -0.05) is 139 Å². The number of aromatic nitrogens is 5. The Hall–Kier alpha value is -7.84. The number of halogens is 3. The molecule has 0 saturated carbocycles. The molecule has 0 aliphatic rings. The standard InChI is InChI=1S/C54H36F3N5/c1-33-21-27-47-43(29-33)39-17-9-11-19-45(39)61(47)49-31-37(53-59-51(35-13-5-3-6-14-35)58-52(60-53)36-15-7-4-8-16-36)23-25-41(49)42-26-24-38(54(55,56)57)32-50(42)62-46-20-12-10-18-40(46)44-30-34(2)22-28-48(44)62/h3-32H,1-2H3. The maximum absolute atomic E-state index is 14.8. The summed E-state index contributed by atoms with van der Waals surface area (Å²) in [6.45, 7) is 4.11. The highest BCUT2D eigenvalue weighted by Crippen LogP contribution is 2.44. The Kier molecular flexibility index (Phi) is 8.65. The Morgan fingerprint density at radius 3 is 1.29 bits per heavy atom. The van der Waals surface area contributed by atoms with Gasteiger partial charge in [0.25, 0.3) is 0 Å². The van der Waals surface area contributed by atoms with Gasteiger partial charge in [-0.2, -0.15) is 13.2 Å². The van der Waals surface area contributed by atoms with Crippen molar-refractivity contribution in [2.45, 2.75) is 20.0 Å². The second-order valence-corrected chi connectivity index (χ2v) is 15.7. The van der Waals surface area contributed by atoms with Gasteiger partial charge >= 0.3 is 6.18 Å². The molecular formula is C54H36F3N5. The number of rotatable bonds is 6. The zero-order valence-corrected chi connectivity index (χ0v) is 33.7. The molecule has 0 fully saturated rings. The Morgan fingerprint density at radius 2 is 0.790 bits per heavy atom. The summed E-state index contributed by atoms with van der Waals surface area (Å²) in [6, 6.07) is 58.4. The first kappa shape index (κ1) is 37.2. The van der Waals surface area contributed by atoms with Gasteiger partial charge in [-0.15, -0.1) is 0 Å². The van der Waals surface area contributed by atoms with Gasteiger partial charge in [-0.25, -0.2) is 15.0 Å². The van der Waals surface area contributed by atoms with Gasteiger partial charge in [0.2, 0.25) is 0 Å². The summed E-state index contributed by atoms with van der Waals surface area (Å²) in [5.41, 5.74) is 9.95. The number of alkyl halides is 3. The number of aryl methyl sites for hydroxylation is 2. The molecule has 0 N–H and O–H groups in total. The zero-order chi connectivity index (χ0) is 42.1. The van der Waals surface area contributed by atoms with E-state index in [-0.39, 0.29) is 0 Å². The van der Waals surface area contributed by atoms with Crippen molar-refractivity contribution in [2.75, 3.05) is 0 Å². The molecule has 11 aromatic rings. The van der Waals surface area contributed by atoms with E-state index in [1.165, 1.54) is 12.1 Å². The smallest absolute Gasteiger partial charge is 0.309 e. The van der Waals surface area contributed by atoms with E-state index < -0.39 is 11.7 Å². The molecule has 0 saturated heterocycles. The molecule has 0 unspecified atom stereocenters. The molecular weight excluding hydrogens is 776 g/mol. The molecule has 8 heteroatoms. The van der Waals surface area contributed by atoms with Gasteiger partial charge in [0.15, 0.2) is 17.5 Å². The normalized spacial score (nSPS) is 12.0. The Morgan fingerprint density at radius 1 is 0.371 bits per heavy atom. The van der Waals surface area contributed by atoms with Crippen molar-refractivity contribution in [3.05, 3.63) is 199 Å². The second-order valence-electron chi connectivity index (χ2n) is 15.7. The maximum atomic E-state index is 14.8. The zero-order valence-electron chi connectivity index (χ0n) is 33.7.